The highest BCUT2D eigenvalue weighted by Crippen LogP contribution is 2.16. The van der Waals surface area contributed by atoms with E-state index in [1.54, 1.807) is 60.7 Å². The van der Waals surface area contributed by atoms with Crippen LogP contribution in [0, 0.1) is 5.82 Å². The number of benzene rings is 3. The number of para-hydroxylation sites is 1. The summed E-state index contributed by atoms with van der Waals surface area (Å²) in [6.45, 7) is 0.212. The van der Waals surface area contributed by atoms with Crippen molar-refractivity contribution in [1.29, 1.82) is 0 Å². The molecule has 1 aliphatic rings. The quantitative estimate of drug-likeness (QED) is 0.356. The Kier molecular flexibility index (Phi) is 5.76. The average molecular weight is 433 g/mol. The molecule has 1 aliphatic heterocycles. The maximum atomic E-state index is 12.9. The van der Waals surface area contributed by atoms with Crippen LogP contribution in [-0.4, -0.2) is 16.5 Å². The highest BCUT2D eigenvalue weighted by molar-refractivity contribution is 6.02. The van der Waals surface area contributed by atoms with Crippen molar-refractivity contribution in [3.05, 3.63) is 116 Å². The fourth-order valence-corrected chi connectivity index (χ4v) is 3.32. The van der Waals surface area contributed by atoms with Crippen LogP contribution < -0.4 is 11.4 Å². The Morgan fingerprint density at radius 2 is 1.53 bits per heavy atom. The first-order chi connectivity index (χ1) is 15.4. The standard InChI is InChI=1S/C15H10FNO3.C9H6O3/c16-11-7-5-10(6-8-11)9-17-13-4-2-1-3-12(13)14(18)20-15(17)19;10-8-5-6-3-1-2-4-7(6)9(11)12-8/h1-8H,9H2;1-4H,5H2. The molecule has 3 aromatic carbocycles. The fraction of sp³-hybridized carbons (Fsp3) is 0.0833. The van der Waals surface area contributed by atoms with Crippen LogP contribution in [0.2, 0.25) is 0 Å². The van der Waals surface area contributed by atoms with Gasteiger partial charge in [0.1, 0.15) is 5.82 Å². The van der Waals surface area contributed by atoms with Crippen LogP contribution in [0.1, 0.15) is 21.5 Å². The molecule has 5 rings (SSSR count). The van der Waals surface area contributed by atoms with Gasteiger partial charge in [-0.2, -0.15) is 0 Å². The van der Waals surface area contributed by atoms with E-state index in [1.807, 2.05) is 0 Å². The number of hydrogen-bond acceptors (Lipinski definition) is 6. The van der Waals surface area contributed by atoms with Gasteiger partial charge in [-0.3, -0.25) is 9.36 Å². The molecule has 0 atom stereocenters. The van der Waals surface area contributed by atoms with E-state index < -0.39 is 23.3 Å². The molecule has 0 N–H and O–H groups in total. The van der Waals surface area contributed by atoms with Crippen molar-refractivity contribution in [3.8, 4) is 0 Å². The van der Waals surface area contributed by atoms with Gasteiger partial charge in [-0.05, 0) is 41.5 Å². The summed E-state index contributed by atoms with van der Waals surface area (Å²) in [7, 11) is 0. The Hall–Kier alpha value is -4.33. The van der Waals surface area contributed by atoms with Crippen LogP contribution in [0.5, 0.6) is 0 Å². The zero-order valence-electron chi connectivity index (χ0n) is 16.6. The van der Waals surface area contributed by atoms with E-state index >= 15 is 0 Å². The van der Waals surface area contributed by atoms with E-state index in [4.69, 9.17) is 4.42 Å². The molecule has 32 heavy (non-hydrogen) atoms. The number of fused-ring (bicyclic) bond motifs is 2. The molecule has 0 unspecified atom stereocenters. The largest absolute Gasteiger partial charge is 0.422 e. The van der Waals surface area contributed by atoms with Gasteiger partial charge >= 0.3 is 23.3 Å². The van der Waals surface area contributed by atoms with Gasteiger partial charge < -0.3 is 9.15 Å². The summed E-state index contributed by atoms with van der Waals surface area (Å²) in [5.41, 5.74) is 1.84. The summed E-state index contributed by atoms with van der Waals surface area (Å²) in [4.78, 5) is 45.3. The van der Waals surface area contributed by atoms with Crippen LogP contribution in [0.3, 0.4) is 0 Å². The lowest BCUT2D eigenvalue weighted by Crippen LogP contribution is -2.25. The molecule has 0 spiro atoms. The molecule has 0 amide bonds. The predicted molar refractivity (Wildman–Crippen MR) is 113 cm³/mol. The SMILES string of the molecule is O=C1Cc2ccccc2C(=O)O1.O=c1oc(=O)n(Cc2ccc(F)cc2)c2ccccc12. The molecule has 2 heterocycles. The summed E-state index contributed by atoms with van der Waals surface area (Å²) in [6, 6.07) is 19.5. The van der Waals surface area contributed by atoms with Crippen molar-refractivity contribution in [3.63, 3.8) is 0 Å². The van der Waals surface area contributed by atoms with Gasteiger partial charge in [0, 0.05) is 0 Å². The Balaban J connectivity index is 0.000000174. The van der Waals surface area contributed by atoms with Crippen molar-refractivity contribution in [2.75, 3.05) is 0 Å². The van der Waals surface area contributed by atoms with E-state index in [2.05, 4.69) is 4.74 Å². The van der Waals surface area contributed by atoms with Gasteiger partial charge in [0.15, 0.2) is 0 Å². The van der Waals surface area contributed by atoms with Crippen molar-refractivity contribution in [2.24, 2.45) is 0 Å². The smallest absolute Gasteiger partial charge is 0.389 e. The monoisotopic (exact) mass is 433 g/mol. The van der Waals surface area contributed by atoms with Crippen molar-refractivity contribution < 1.29 is 23.1 Å². The summed E-state index contributed by atoms with van der Waals surface area (Å²) in [5, 5.41) is 0.342. The molecule has 0 radical (unpaired) electrons. The minimum atomic E-state index is -0.724. The number of cyclic esters (lactones) is 2. The van der Waals surface area contributed by atoms with Gasteiger partial charge in [0.05, 0.1) is 29.4 Å². The number of carbonyl (C=O) groups excluding carboxylic acids is 2. The number of halogens is 1. The lowest BCUT2D eigenvalue weighted by atomic mass is 10.0. The molecular weight excluding hydrogens is 417 g/mol. The van der Waals surface area contributed by atoms with Gasteiger partial charge in [-0.15, -0.1) is 0 Å². The molecule has 7 nitrogen and oxygen atoms in total. The number of rotatable bonds is 2. The van der Waals surface area contributed by atoms with Gasteiger partial charge in [-0.25, -0.2) is 18.8 Å². The maximum absolute atomic E-state index is 12.9. The average Bonchev–Trinajstić information content (AvgIpc) is 2.78. The summed E-state index contributed by atoms with van der Waals surface area (Å²) >= 11 is 0. The van der Waals surface area contributed by atoms with E-state index in [0.717, 1.165) is 11.1 Å². The third-order valence-electron chi connectivity index (χ3n) is 4.85. The van der Waals surface area contributed by atoms with Crippen molar-refractivity contribution in [2.45, 2.75) is 13.0 Å². The van der Waals surface area contributed by atoms with Gasteiger partial charge in [0.2, 0.25) is 0 Å². The summed E-state index contributed by atoms with van der Waals surface area (Å²) in [5.74, 6) is -2.08. The lowest BCUT2D eigenvalue weighted by Gasteiger charge is -2.12. The first kappa shape index (κ1) is 20.9. The van der Waals surface area contributed by atoms with Gasteiger partial charge in [0.25, 0.3) is 0 Å². The van der Waals surface area contributed by atoms with Crippen molar-refractivity contribution >= 4 is 22.8 Å². The third-order valence-corrected chi connectivity index (χ3v) is 4.85. The third kappa shape index (κ3) is 4.39. The van der Waals surface area contributed by atoms with Crippen LogP contribution in [0.4, 0.5) is 4.39 Å². The second-order valence-corrected chi connectivity index (χ2v) is 6.98. The summed E-state index contributed by atoms with van der Waals surface area (Å²) in [6.07, 6.45) is 0.196. The molecule has 8 heteroatoms. The highest BCUT2D eigenvalue weighted by Gasteiger charge is 2.23. The second-order valence-electron chi connectivity index (χ2n) is 6.98. The van der Waals surface area contributed by atoms with Crippen LogP contribution in [-0.2, 0) is 22.5 Å². The molecule has 0 bridgehead atoms. The zero-order chi connectivity index (χ0) is 22.7. The van der Waals surface area contributed by atoms with E-state index in [-0.39, 0.29) is 18.8 Å². The molecule has 0 saturated carbocycles. The Labute approximate surface area is 180 Å². The van der Waals surface area contributed by atoms with E-state index in [0.29, 0.717) is 16.5 Å². The normalized spacial score (nSPS) is 12.5. The lowest BCUT2D eigenvalue weighted by molar-refractivity contribution is -0.137. The number of aromatic nitrogens is 1. The Morgan fingerprint density at radius 3 is 2.31 bits per heavy atom. The number of nitrogens with zero attached hydrogens (tertiary/aromatic N) is 1. The number of carbonyl (C=O) groups is 2. The predicted octanol–water partition coefficient (Wildman–Crippen LogP) is 3.07. The number of esters is 2. The van der Waals surface area contributed by atoms with Crippen molar-refractivity contribution in [1.82, 2.24) is 4.57 Å². The molecule has 160 valence electrons. The Bertz CT molecular complexity index is 1440. The Morgan fingerprint density at radius 1 is 0.844 bits per heavy atom. The molecule has 0 aliphatic carbocycles. The zero-order valence-corrected chi connectivity index (χ0v) is 16.6. The minimum Gasteiger partial charge on any atom is -0.389 e. The highest BCUT2D eigenvalue weighted by atomic mass is 19.1. The second kappa shape index (κ2) is 8.81. The van der Waals surface area contributed by atoms with Crippen LogP contribution in [0.15, 0.2) is 86.8 Å². The molecular formula is C24H16FNO6. The number of ether oxygens (including phenoxy) is 1. The van der Waals surface area contributed by atoms with E-state index in [1.165, 1.54) is 16.7 Å². The molecule has 1 aromatic heterocycles. The summed E-state index contributed by atoms with van der Waals surface area (Å²) < 4.78 is 23.4. The minimum absolute atomic E-state index is 0.196. The number of hydrogen-bond donors (Lipinski definition) is 0. The molecule has 0 fully saturated rings. The first-order valence-electron chi connectivity index (χ1n) is 9.62. The van der Waals surface area contributed by atoms with E-state index in [9.17, 15) is 23.6 Å². The van der Waals surface area contributed by atoms with Crippen LogP contribution >= 0.6 is 0 Å². The maximum Gasteiger partial charge on any atom is 0.422 e. The molecule has 4 aromatic rings. The topological polar surface area (TPSA) is 95.6 Å². The first-order valence-corrected chi connectivity index (χ1v) is 9.62. The molecule has 0 saturated heterocycles. The van der Waals surface area contributed by atoms with Gasteiger partial charge in [-0.1, -0.05) is 42.5 Å². The van der Waals surface area contributed by atoms with Crippen LogP contribution in [0.25, 0.3) is 10.9 Å². The fourth-order valence-electron chi connectivity index (χ4n) is 3.32.